The monoisotopic (exact) mass is 340 g/mol. The highest BCUT2D eigenvalue weighted by Crippen LogP contribution is 2.19. The number of rotatable bonds is 7. The lowest BCUT2D eigenvalue weighted by molar-refractivity contribution is -0.121. The minimum Gasteiger partial charge on any atom is -0.497 e. The van der Waals surface area contributed by atoms with Crippen molar-refractivity contribution in [3.05, 3.63) is 59.7 Å². The van der Waals surface area contributed by atoms with E-state index in [2.05, 4.69) is 5.32 Å². The van der Waals surface area contributed by atoms with Crippen molar-refractivity contribution in [2.45, 2.75) is 20.3 Å². The summed E-state index contributed by atoms with van der Waals surface area (Å²) in [5.74, 6) is 0.615. The molecular formula is C20H24N2O3. The molecule has 5 nitrogen and oxygen atoms in total. The van der Waals surface area contributed by atoms with Crippen LogP contribution in [0.2, 0.25) is 0 Å². The summed E-state index contributed by atoms with van der Waals surface area (Å²) in [7, 11) is 1.60. The molecule has 0 atom stereocenters. The predicted octanol–water partition coefficient (Wildman–Crippen LogP) is 2.72. The summed E-state index contributed by atoms with van der Waals surface area (Å²) >= 11 is 0. The predicted molar refractivity (Wildman–Crippen MR) is 98.9 cm³/mol. The number of hydrogen-bond donors (Lipinski definition) is 1. The molecule has 0 saturated carbocycles. The van der Waals surface area contributed by atoms with E-state index in [1.54, 1.807) is 12.0 Å². The Bertz CT molecular complexity index is 726. The molecule has 25 heavy (non-hydrogen) atoms. The third-order valence-corrected chi connectivity index (χ3v) is 4.03. The number of ether oxygens (including phenoxy) is 1. The van der Waals surface area contributed by atoms with Crippen molar-refractivity contribution in [1.82, 2.24) is 5.32 Å². The highest BCUT2D eigenvalue weighted by atomic mass is 16.5. The molecule has 0 radical (unpaired) electrons. The molecule has 0 saturated heterocycles. The topological polar surface area (TPSA) is 58.6 Å². The molecule has 0 bridgehead atoms. The fourth-order valence-electron chi connectivity index (χ4n) is 2.58. The second-order valence-corrected chi connectivity index (χ2v) is 5.82. The summed E-state index contributed by atoms with van der Waals surface area (Å²) in [6, 6.07) is 15.1. The normalized spacial score (nSPS) is 10.2. The van der Waals surface area contributed by atoms with Crippen LogP contribution in [0.3, 0.4) is 0 Å². The Hall–Kier alpha value is -2.82. The van der Waals surface area contributed by atoms with Gasteiger partial charge in [-0.2, -0.15) is 0 Å². The van der Waals surface area contributed by atoms with E-state index in [4.69, 9.17) is 4.74 Å². The van der Waals surface area contributed by atoms with Gasteiger partial charge >= 0.3 is 0 Å². The van der Waals surface area contributed by atoms with Gasteiger partial charge < -0.3 is 15.0 Å². The largest absolute Gasteiger partial charge is 0.497 e. The van der Waals surface area contributed by atoms with Crippen molar-refractivity contribution in [2.75, 3.05) is 25.1 Å². The van der Waals surface area contributed by atoms with Crippen molar-refractivity contribution in [3.8, 4) is 5.75 Å². The van der Waals surface area contributed by atoms with Crippen LogP contribution in [0.15, 0.2) is 48.5 Å². The molecule has 2 aromatic carbocycles. The van der Waals surface area contributed by atoms with E-state index >= 15 is 0 Å². The first-order chi connectivity index (χ1) is 12.0. The Balaban J connectivity index is 1.89. The Morgan fingerprint density at radius 2 is 1.76 bits per heavy atom. The zero-order chi connectivity index (χ0) is 18.2. The Labute approximate surface area is 148 Å². The third kappa shape index (κ3) is 5.35. The maximum absolute atomic E-state index is 12.1. The Kier molecular flexibility index (Phi) is 6.57. The van der Waals surface area contributed by atoms with E-state index < -0.39 is 0 Å². The maximum atomic E-state index is 12.1. The maximum Gasteiger partial charge on any atom is 0.224 e. The standard InChI is InChI=1S/C20H24N2O3/c1-15-6-4-5-7-17(15)14-20(24)21-12-13-22(16(2)23)18-8-10-19(25-3)11-9-18/h4-11H,12-14H2,1-3H3,(H,21,24). The molecule has 2 rings (SSSR count). The van der Waals surface area contributed by atoms with E-state index in [1.165, 1.54) is 6.92 Å². The van der Waals surface area contributed by atoms with E-state index in [0.29, 0.717) is 19.5 Å². The van der Waals surface area contributed by atoms with Gasteiger partial charge in [-0.05, 0) is 42.3 Å². The summed E-state index contributed by atoms with van der Waals surface area (Å²) in [5, 5.41) is 2.88. The number of carbonyl (C=O) groups excluding carboxylic acids is 2. The van der Waals surface area contributed by atoms with Crippen molar-refractivity contribution in [2.24, 2.45) is 0 Å². The Morgan fingerprint density at radius 1 is 1.08 bits per heavy atom. The molecule has 0 aliphatic rings. The lowest BCUT2D eigenvalue weighted by Crippen LogP contribution is -2.38. The number of carbonyl (C=O) groups is 2. The van der Waals surface area contributed by atoms with E-state index in [0.717, 1.165) is 22.6 Å². The van der Waals surface area contributed by atoms with Gasteiger partial charge in [0.25, 0.3) is 0 Å². The summed E-state index contributed by atoms with van der Waals surface area (Å²) < 4.78 is 5.13. The number of methoxy groups -OCH3 is 1. The first kappa shape index (κ1) is 18.5. The van der Waals surface area contributed by atoms with E-state index in [9.17, 15) is 9.59 Å². The fraction of sp³-hybridized carbons (Fsp3) is 0.300. The SMILES string of the molecule is COc1ccc(N(CCNC(=O)Cc2ccccc2C)C(C)=O)cc1. The number of nitrogens with one attached hydrogen (secondary N) is 1. The van der Waals surface area contributed by atoms with Gasteiger partial charge in [-0.15, -0.1) is 0 Å². The first-order valence-electron chi connectivity index (χ1n) is 8.24. The summed E-state index contributed by atoms with van der Waals surface area (Å²) in [6.07, 6.45) is 0.343. The van der Waals surface area contributed by atoms with Gasteiger partial charge in [-0.3, -0.25) is 9.59 Å². The molecule has 0 aliphatic carbocycles. The second-order valence-electron chi connectivity index (χ2n) is 5.82. The van der Waals surface area contributed by atoms with Crippen LogP contribution in [0.25, 0.3) is 0 Å². The third-order valence-electron chi connectivity index (χ3n) is 4.03. The van der Waals surface area contributed by atoms with Crippen molar-refractivity contribution >= 4 is 17.5 Å². The van der Waals surface area contributed by atoms with Gasteiger partial charge in [-0.25, -0.2) is 0 Å². The number of amides is 2. The van der Waals surface area contributed by atoms with Crippen LogP contribution in [0, 0.1) is 6.92 Å². The van der Waals surface area contributed by atoms with Gasteiger partial charge in [0.2, 0.25) is 11.8 Å². The lowest BCUT2D eigenvalue weighted by Gasteiger charge is -2.21. The minimum absolute atomic E-state index is 0.0486. The summed E-state index contributed by atoms with van der Waals surface area (Å²) in [6.45, 7) is 4.32. The molecule has 0 heterocycles. The lowest BCUT2D eigenvalue weighted by atomic mass is 10.1. The van der Waals surface area contributed by atoms with Gasteiger partial charge in [0.05, 0.1) is 13.5 Å². The molecular weight excluding hydrogens is 316 g/mol. The zero-order valence-corrected chi connectivity index (χ0v) is 14.9. The number of benzene rings is 2. The number of anilines is 1. The van der Waals surface area contributed by atoms with E-state index in [-0.39, 0.29) is 11.8 Å². The van der Waals surface area contributed by atoms with Gasteiger partial charge in [0.15, 0.2) is 0 Å². The fourth-order valence-corrected chi connectivity index (χ4v) is 2.58. The van der Waals surface area contributed by atoms with Crippen LogP contribution >= 0.6 is 0 Å². The average molecular weight is 340 g/mol. The molecule has 0 unspecified atom stereocenters. The van der Waals surface area contributed by atoms with Crippen LogP contribution in [0.5, 0.6) is 5.75 Å². The molecule has 2 amide bonds. The molecule has 0 aliphatic heterocycles. The molecule has 0 fully saturated rings. The average Bonchev–Trinajstić information content (AvgIpc) is 2.60. The van der Waals surface area contributed by atoms with Gasteiger partial charge in [0, 0.05) is 25.7 Å². The molecule has 132 valence electrons. The van der Waals surface area contributed by atoms with Crippen molar-refractivity contribution in [3.63, 3.8) is 0 Å². The highest BCUT2D eigenvalue weighted by Gasteiger charge is 2.12. The van der Waals surface area contributed by atoms with Crippen LogP contribution < -0.4 is 15.0 Å². The van der Waals surface area contributed by atoms with Gasteiger partial charge in [-0.1, -0.05) is 24.3 Å². The first-order valence-corrected chi connectivity index (χ1v) is 8.24. The zero-order valence-electron chi connectivity index (χ0n) is 14.9. The number of aryl methyl sites for hydroxylation is 1. The quantitative estimate of drug-likeness (QED) is 0.843. The van der Waals surface area contributed by atoms with E-state index in [1.807, 2.05) is 55.5 Å². The molecule has 2 aromatic rings. The highest BCUT2D eigenvalue weighted by molar-refractivity contribution is 5.91. The number of nitrogens with zero attached hydrogens (tertiary/aromatic N) is 1. The molecule has 0 spiro atoms. The Morgan fingerprint density at radius 3 is 2.36 bits per heavy atom. The number of hydrogen-bond acceptors (Lipinski definition) is 3. The molecule has 5 heteroatoms. The van der Waals surface area contributed by atoms with Crippen LogP contribution in [0.1, 0.15) is 18.1 Å². The van der Waals surface area contributed by atoms with Crippen molar-refractivity contribution < 1.29 is 14.3 Å². The minimum atomic E-state index is -0.0710. The van der Waals surface area contributed by atoms with Gasteiger partial charge in [0.1, 0.15) is 5.75 Å². The smallest absolute Gasteiger partial charge is 0.224 e. The summed E-state index contributed by atoms with van der Waals surface area (Å²) in [4.78, 5) is 25.6. The second kappa shape index (κ2) is 8.87. The molecule has 1 N–H and O–H groups in total. The summed E-state index contributed by atoms with van der Waals surface area (Å²) in [5.41, 5.74) is 2.89. The van der Waals surface area contributed by atoms with Crippen LogP contribution in [-0.4, -0.2) is 32.0 Å². The van der Waals surface area contributed by atoms with Crippen LogP contribution in [-0.2, 0) is 16.0 Å². The molecule has 0 aromatic heterocycles. The van der Waals surface area contributed by atoms with Crippen molar-refractivity contribution in [1.29, 1.82) is 0 Å². The van der Waals surface area contributed by atoms with Crippen LogP contribution in [0.4, 0.5) is 5.69 Å².